The van der Waals surface area contributed by atoms with E-state index in [1.54, 1.807) is 0 Å². The summed E-state index contributed by atoms with van der Waals surface area (Å²) in [5.74, 6) is 0.474. The number of furan rings is 1. The number of carboxylic acid groups (broad SMARTS) is 1. The fourth-order valence-electron chi connectivity index (χ4n) is 2.31. The number of aryl methyl sites for hydroxylation is 3. The molecule has 0 saturated carbocycles. The molecule has 0 atom stereocenters. The predicted molar refractivity (Wildman–Crippen MR) is 102 cm³/mol. The van der Waals surface area contributed by atoms with Gasteiger partial charge in [-0.25, -0.2) is 0 Å². The third kappa shape index (κ3) is 5.42. The fourth-order valence-corrected chi connectivity index (χ4v) is 2.47. The minimum Gasteiger partial charge on any atom is -0.481 e. The van der Waals surface area contributed by atoms with Crippen LogP contribution in [0, 0.1) is 13.8 Å². The van der Waals surface area contributed by atoms with E-state index in [4.69, 9.17) is 21.7 Å². The van der Waals surface area contributed by atoms with Crippen LogP contribution in [0.5, 0.6) is 0 Å². The standard InChI is InChI=1S/C18H21N3O3S/c1-11-6-4-5-7-16(11)19-18(25)21-20-12(2)15-10-14(24-13(15)3)8-9-17(22)23/h4-7,10H,8-9H2,1-3H3,(H,22,23)(H2,19,21,25)/b20-12-. The first-order chi connectivity index (χ1) is 11.9. The highest BCUT2D eigenvalue weighted by Crippen LogP contribution is 2.17. The van der Waals surface area contributed by atoms with Crippen LogP contribution in [0.4, 0.5) is 5.69 Å². The van der Waals surface area contributed by atoms with Crippen molar-refractivity contribution >= 4 is 34.7 Å². The van der Waals surface area contributed by atoms with Gasteiger partial charge in [0.15, 0.2) is 5.11 Å². The summed E-state index contributed by atoms with van der Waals surface area (Å²) in [5.41, 5.74) is 6.35. The van der Waals surface area contributed by atoms with Gasteiger partial charge in [0.25, 0.3) is 0 Å². The van der Waals surface area contributed by atoms with E-state index in [-0.39, 0.29) is 6.42 Å². The van der Waals surface area contributed by atoms with Crippen molar-refractivity contribution in [3.05, 3.63) is 53.0 Å². The zero-order valence-corrected chi connectivity index (χ0v) is 15.2. The van der Waals surface area contributed by atoms with Gasteiger partial charge < -0.3 is 14.8 Å². The number of para-hydroxylation sites is 1. The minimum atomic E-state index is -0.852. The second-order valence-corrected chi connectivity index (χ2v) is 6.06. The lowest BCUT2D eigenvalue weighted by atomic mass is 10.1. The van der Waals surface area contributed by atoms with Crippen molar-refractivity contribution in [2.24, 2.45) is 5.10 Å². The number of nitrogens with one attached hydrogen (secondary N) is 2. The highest BCUT2D eigenvalue weighted by Gasteiger charge is 2.11. The Hall–Kier alpha value is -2.67. The molecule has 0 fully saturated rings. The van der Waals surface area contributed by atoms with Gasteiger partial charge in [-0.15, -0.1) is 0 Å². The van der Waals surface area contributed by atoms with Crippen molar-refractivity contribution in [2.45, 2.75) is 33.6 Å². The molecular weight excluding hydrogens is 338 g/mol. The van der Waals surface area contributed by atoms with E-state index in [2.05, 4.69) is 15.8 Å². The van der Waals surface area contributed by atoms with Gasteiger partial charge in [-0.3, -0.25) is 10.2 Å². The molecule has 6 nitrogen and oxygen atoms in total. The van der Waals surface area contributed by atoms with Crippen LogP contribution in [-0.2, 0) is 11.2 Å². The maximum Gasteiger partial charge on any atom is 0.303 e. The number of benzene rings is 1. The summed E-state index contributed by atoms with van der Waals surface area (Å²) in [6, 6.07) is 9.64. The molecule has 3 N–H and O–H groups in total. The summed E-state index contributed by atoms with van der Waals surface area (Å²) >= 11 is 5.25. The highest BCUT2D eigenvalue weighted by atomic mass is 32.1. The van der Waals surface area contributed by atoms with Crippen molar-refractivity contribution in [3.63, 3.8) is 0 Å². The quantitative estimate of drug-likeness (QED) is 0.415. The number of rotatable bonds is 6. The zero-order chi connectivity index (χ0) is 18.4. The zero-order valence-electron chi connectivity index (χ0n) is 14.4. The summed E-state index contributed by atoms with van der Waals surface area (Å²) in [6.07, 6.45) is 0.384. The normalized spacial score (nSPS) is 11.2. The molecule has 0 bridgehead atoms. The number of carbonyl (C=O) groups is 1. The summed E-state index contributed by atoms with van der Waals surface area (Å²) < 4.78 is 5.58. The maximum atomic E-state index is 10.7. The number of anilines is 1. The van der Waals surface area contributed by atoms with Crippen LogP contribution in [0.3, 0.4) is 0 Å². The number of hydrazone groups is 1. The molecule has 0 aliphatic heterocycles. The molecular formula is C18H21N3O3S. The van der Waals surface area contributed by atoms with Crippen LogP contribution >= 0.6 is 12.2 Å². The molecule has 0 radical (unpaired) electrons. The lowest BCUT2D eigenvalue weighted by Crippen LogP contribution is -2.25. The van der Waals surface area contributed by atoms with Gasteiger partial charge in [0.1, 0.15) is 11.5 Å². The lowest BCUT2D eigenvalue weighted by molar-refractivity contribution is -0.137. The van der Waals surface area contributed by atoms with Gasteiger partial charge in [0.05, 0.1) is 12.1 Å². The molecule has 0 amide bonds. The molecule has 2 aromatic rings. The van der Waals surface area contributed by atoms with Gasteiger partial charge in [-0.1, -0.05) is 18.2 Å². The minimum absolute atomic E-state index is 0.0330. The molecule has 0 unspecified atom stereocenters. The number of aliphatic carboxylic acids is 1. The van der Waals surface area contributed by atoms with Crippen LogP contribution in [0.15, 0.2) is 39.9 Å². The molecule has 1 aromatic carbocycles. The molecule has 1 aromatic heterocycles. The molecule has 0 aliphatic carbocycles. The first-order valence-corrected chi connectivity index (χ1v) is 8.26. The summed E-state index contributed by atoms with van der Waals surface area (Å²) in [6.45, 7) is 5.65. The molecule has 1 heterocycles. The molecule has 0 saturated heterocycles. The maximum absolute atomic E-state index is 10.7. The van der Waals surface area contributed by atoms with E-state index in [1.165, 1.54) is 0 Å². The first-order valence-electron chi connectivity index (χ1n) is 7.85. The fraction of sp³-hybridized carbons (Fsp3) is 0.278. The topological polar surface area (TPSA) is 86.9 Å². The second-order valence-electron chi connectivity index (χ2n) is 5.65. The lowest BCUT2D eigenvalue weighted by Gasteiger charge is -2.10. The Balaban J connectivity index is 2.00. The van der Waals surface area contributed by atoms with Gasteiger partial charge in [0.2, 0.25) is 0 Å². The van der Waals surface area contributed by atoms with Crippen LogP contribution in [-0.4, -0.2) is 21.9 Å². The molecule has 25 heavy (non-hydrogen) atoms. The highest BCUT2D eigenvalue weighted by molar-refractivity contribution is 7.80. The molecule has 0 aliphatic rings. The van der Waals surface area contributed by atoms with Gasteiger partial charge in [-0.05, 0) is 50.7 Å². The Morgan fingerprint density at radius 3 is 2.72 bits per heavy atom. The van der Waals surface area contributed by atoms with E-state index >= 15 is 0 Å². The van der Waals surface area contributed by atoms with Gasteiger partial charge >= 0.3 is 5.97 Å². The predicted octanol–water partition coefficient (Wildman–Crippen LogP) is 3.62. The monoisotopic (exact) mass is 359 g/mol. The molecule has 0 spiro atoms. The summed E-state index contributed by atoms with van der Waals surface area (Å²) in [7, 11) is 0. The second kappa shape index (κ2) is 8.43. The summed E-state index contributed by atoms with van der Waals surface area (Å²) in [4.78, 5) is 10.7. The SMILES string of the molecule is C/C(=N/NC(=S)Nc1ccccc1C)c1cc(CCC(=O)O)oc1C. The van der Waals surface area contributed by atoms with Crippen LogP contribution in [0.2, 0.25) is 0 Å². The number of carboxylic acids is 1. The van der Waals surface area contributed by atoms with E-state index in [9.17, 15) is 4.79 Å². The molecule has 7 heteroatoms. The number of nitrogens with zero attached hydrogens (tertiary/aromatic N) is 1. The average molecular weight is 359 g/mol. The Morgan fingerprint density at radius 1 is 1.32 bits per heavy atom. The van der Waals surface area contributed by atoms with Gasteiger partial charge in [0, 0.05) is 17.7 Å². The number of thiocarbonyl (C=S) groups is 1. The van der Waals surface area contributed by atoms with Crippen molar-refractivity contribution in [1.29, 1.82) is 0 Å². The Morgan fingerprint density at radius 2 is 2.04 bits per heavy atom. The smallest absolute Gasteiger partial charge is 0.303 e. The van der Waals surface area contributed by atoms with Crippen LogP contribution < -0.4 is 10.7 Å². The molecule has 2 rings (SSSR count). The summed E-state index contributed by atoms with van der Waals surface area (Å²) in [5, 5.41) is 16.5. The third-order valence-corrected chi connectivity index (χ3v) is 3.86. The largest absolute Gasteiger partial charge is 0.481 e. The average Bonchev–Trinajstić information content (AvgIpc) is 2.94. The third-order valence-electron chi connectivity index (χ3n) is 3.66. The van der Waals surface area contributed by atoms with E-state index < -0.39 is 5.97 Å². The van der Waals surface area contributed by atoms with Crippen molar-refractivity contribution in [2.75, 3.05) is 5.32 Å². The van der Waals surface area contributed by atoms with E-state index in [0.717, 1.165) is 16.8 Å². The number of hydrogen-bond donors (Lipinski definition) is 3. The Bertz CT molecular complexity index is 812. The molecule has 132 valence electrons. The van der Waals surface area contributed by atoms with Gasteiger partial charge in [-0.2, -0.15) is 5.10 Å². The van der Waals surface area contributed by atoms with E-state index in [1.807, 2.05) is 51.1 Å². The first kappa shape index (κ1) is 18.7. The Labute approximate surface area is 151 Å². The van der Waals surface area contributed by atoms with Crippen LogP contribution in [0.25, 0.3) is 0 Å². The van der Waals surface area contributed by atoms with Crippen molar-refractivity contribution in [3.8, 4) is 0 Å². The van der Waals surface area contributed by atoms with Crippen molar-refractivity contribution < 1.29 is 14.3 Å². The number of hydrogen-bond acceptors (Lipinski definition) is 4. The van der Waals surface area contributed by atoms with E-state index in [0.29, 0.717) is 28.8 Å². The Kier molecular flexibility index (Phi) is 6.30. The van der Waals surface area contributed by atoms with Crippen molar-refractivity contribution in [1.82, 2.24) is 5.43 Å². The van der Waals surface area contributed by atoms with Crippen LogP contribution in [0.1, 0.15) is 36.0 Å².